The molecule has 4 aliphatic carbocycles. The number of hydrogen-bond acceptors (Lipinski definition) is 9. The van der Waals surface area contributed by atoms with Crippen molar-refractivity contribution in [1.29, 1.82) is 5.26 Å². The number of likely N-dealkylation sites (tertiary alicyclic amines) is 1. The molecule has 4 atom stereocenters. The van der Waals surface area contributed by atoms with Gasteiger partial charge in [-0.2, -0.15) is 10.2 Å². The molecule has 4 saturated carbocycles. The normalized spacial score (nSPS) is 32.0. The molecule has 0 radical (unpaired) electrons. The van der Waals surface area contributed by atoms with Crippen molar-refractivity contribution in [2.24, 2.45) is 23.2 Å². The molecule has 4 bridgehead atoms. The van der Waals surface area contributed by atoms with E-state index in [0.29, 0.717) is 36.7 Å². The number of aliphatic hydroxyl groups excluding tert-OH is 1. The van der Waals surface area contributed by atoms with Crippen molar-refractivity contribution in [3.05, 3.63) is 41.6 Å². The number of nitriles is 1. The first-order valence-corrected chi connectivity index (χ1v) is 14.3. The van der Waals surface area contributed by atoms with E-state index in [-0.39, 0.29) is 47.2 Å². The van der Waals surface area contributed by atoms with E-state index in [4.69, 9.17) is 0 Å². The summed E-state index contributed by atoms with van der Waals surface area (Å²) in [5, 5.41) is 36.1. The number of alkyl halides is 3. The molecule has 0 unspecified atom stereocenters. The number of hydrogen-bond donors (Lipinski definition) is 4. The summed E-state index contributed by atoms with van der Waals surface area (Å²) < 4.78 is 42.5. The molecular weight excluding hydrogens is 553 g/mol. The summed E-state index contributed by atoms with van der Waals surface area (Å²) >= 11 is 0. The number of aromatic nitrogens is 2. The first-order valence-electron chi connectivity index (χ1n) is 14.3. The molecule has 1 aromatic carbocycles. The predicted octanol–water partition coefficient (Wildman–Crippen LogP) is 3.99. The number of aliphatic hydroxyl groups is 1. The highest BCUT2D eigenvalue weighted by molar-refractivity contribution is 5.74. The molecule has 4 N–H and O–H groups in total. The highest BCUT2D eigenvalue weighted by atomic mass is 19.4. The Kier molecular flexibility index (Phi) is 7.39. The van der Waals surface area contributed by atoms with Crippen molar-refractivity contribution in [2.45, 2.75) is 69.6 Å². The highest BCUT2D eigenvalue weighted by Crippen LogP contribution is 2.61. The fourth-order valence-corrected chi connectivity index (χ4v) is 8.34. The van der Waals surface area contributed by atoms with Crippen LogP contribution in [0, 0.1) is 34.5 Å². The van der Waals surface area contributed by atoms with Crippen molar-refractivity contribution >= 4 is 17.7 Å². The minimum atomic E-state index is -4.82. The Bertz CT molecular complexity index is 1370. The van der Waals surface area contributed by atoms with Crippen LogP contribution in [-0.4, -0.2) is 68.7 Å². The van der Waals surface area contributed by atoms with E-state index in [9.17, 15) is 33.4 Å². The molecule has 5 fully saturated rings. The maximum atomic E-state index is 12.8. The summed E-state index contributed by atoms with van der Waals surface area (Å²) in [5.74, 6) is 0.595. The predicted molar refractivity (Wildman–Crippen MR) is 144 cm³/mol. The lowest BCUT2D eigenvalue weighted by Crippen LogP contribution is -2.62. The third-order valence-electron chi connectivity index (χ3n) is 9.51. The van der Waals surface area contributed by atoms with Crippen LogP contribution in [0.15, 0.2) is 30.5 Å². The van der Waals surface area contributed by atoms with Crippen LogP contribution < -0.4 is 15.4 Å². The minimum Gasteiger partial charge on any atom is -0.480 e. The van der Waals surface area contributed by atoms with Gasteiger partial charge in [0.2, 0.25) is 5.95 Å². The molecule has 1 saturated heterocycles. The molecule has 0 spiro atoms. The minimum absolute atomic E-state index is 0.0107. The summed E-state index contributed by atoms with van der Waals surface area (Å²) in [4.78, 5) is 22.6. The number of halogens is 3. The first-order chi connectivity index (χ1) is 20.0. The van der Waals surface area contributed by atoms with Crippen LogP contribution in [0.2, 0.25) is 0 Å². The van der Waals surface area contributed by atoms with Crippen molar-refractivity contribution in [3.8, 4) is 11.8 Å². The number of nitrogens with zero attached hydrogens (tertiary/aromatic N) is 4. The first kappa shape index (κ1) is 28.5. The summed E-state index contributed by atoms with van der Waals surface area (Å²) in [7, 11) is 0. The smallest absolute Gasteiger partial charge is 0.480 e. The summed E-state index contributed by atoms with van der Waals surface area (Å²) in [6, 6.07) is 7.43. The number of carbonyl (C=O) groups is 1. The summed E-state index contributed by atoms with van der Waals surface area (Å²) in [6.07, 6.45) is 1.27. The van der Waals surface area contributed by atoms with E-state index in [1.54, 1.807) is 6.07 Å². The second-order valence-corrected chi connectivity index (χ2v) is 12.3. The molecule has 5 aliphatic rings. The van der Waals surface area contributed by atoms with E-state index < -0.39 is 24.5 Å². The number of β-amino-alcohol motifs (C(OH)–C–C–N with tert-alkyl or cyclic N) is 1. The van der Waals surface area contributed by atoms with Crippen molar-refractivity contribution in [1.82, 2.24) is 14.9 Å². The summed E-state index contributed by atoms with van der Waals surface area (Å²) in [6.45, 7) is 0.984. The Morgan fingerprint density at radius 2 is 1.90 bits per heavy atom. The highest BCUT2D eigenvalue weighted by Gasteiger charge is 2.58. The molecule has 1 aliphatic heterocycles. The largest absolute Gasteiger partial charge is 0.573 e. The Morgan fingerprint density at radius 1 is 1.17 bits per heavy atom. The molecule has 1 aromatic heterocycles. The van der Waals surface area contributed by atoms with Gasteiger partial charge in [0.05, 0.1) is 12.3 Å². The molecule has 10 nitrogen and oxygen atoms in total. The number of rotatable bonds is 9. The van der Waals surface area contributed by atoms with Gasteiger partial charge in [0.15, 0.2) is 0 Å². The van der Waals surface area contributed by atoms with Gasteiger partial charge in [-0.3, -0.25) is 9.69 Å². The zero-order valence-corrected chi connectivity index (χ0v) is 22.8. The fraction of sp³-hybridized carbons (Fsp3) is 0.586. The Hall–Kier alpha value is -3.63. The quantitative estimate of drug-likeness (QED) is 0.341. The van der Waals surface area contributed by atoms with Gasteiger partial charge in [0.25, 0.3) is 0 Å². The number of anilines is 2. The van der Waals surface area contributed by atoms with Gasteiger partial charge in [-0.1, -0.05) is 18.2 Å². The Morgan fingerprint density at radius 3 is 2.60 bits per heavy atom. The van der Waals surface area contributed by atoms with Crippen molar-refractivity contribution in [2.75, 3.05) is 23.7 Å². The zero-order valence-electron chi connectivity index (χ0n) is 22.8. The average molecular weight is 587 g/mol. The number of carboxylic acid groups (broad SMARTS) is 1. The third kappa shape index (κ3) is 5.70. The van der Waals surface area contributed by atoms with E-state index in [1.165, 1.54) is 24.4 Å². The van der Waals surface area contributed by atoms with Crippen molar-refractivity contribution in [3.63, 3.8) is 0 Å². The average Bonchev–Trinajstić information content (AvgIpc) is 3.31. The van der Waals surface area contributed by atoms with Crippen LogP contribution in [0.3, 0.4) is 0 Å². The van der Waals surface area contributed by atoms with E-state index in [0.717, 1.165) is 32.1 Å². The lowest BCUT2D eigenvalue weighted by atomic mass is 9.47. The van der Waals surface area contributed by atoms with Gasteiger partial charge in [-0.25, -0.2) is 4.98 Å². The number of para-hydroxylation sites is 1. The number of ether oxygens (including phenoxy) is 1. The van der Waals surface area contributed by atoms with Crippen LogP contribution in [-0.2, 0) is 11.3 Å². The van der Waals surface area contributed by atoms with Crippen LogP contribution in [0.25, 0.3) is 0 Å². The SMILES string of the molecule is N#Cc1cnc(NCc2ccccc2OC(F)(F)F)nc1NCC12CC3C[C@@H](C1)C(N1C[C@H](O)C[C@@H]1C(=O)O)[C@@H](C3)C2. The molecule has 2 aromatic rings. The van der Waals surface area contributed by atoms with E-state index in [2.05, 4.69) is 36.3 Å². The number of benzene rings is 1. The fourth-order valence-electron chi connectivity index (χ4n) is 8.34. The van der Waals surface area contributed by atoms with Gasteiger partial charge in [-0.05, 0) is 61.3 Å². The summed E-state index contributed by atoms with van der Waals surface area (Å²) in [5.41, 5.74) is 0.527. The molecular formula is C29H33F3N6O4. The zero-order chi connectivity index (χ0) is 29.6. The van der Waals surface area contributed by atoms with Crippen LogP contribution in [0.5, 0.6) is 5.75 Å². The second-order valence-electron chi connectivity index (χ2n) is 12.3. The van der Waals surface area contributed by atoms with E-state index in [1.807, 2.05) is 0 Å². The lowest BCUT2D eigenvalue weighted by Gasteiger charge is -2.62. The molecule has 2 heterocycles. The maximum Gasteiger partial charge on any atom is 0.573 e. The van der Waals surface area contributed by atoms with Crippen LogP contribution in [0.1, 0.15) is 49.7 Å². The van der Waals surface area contributed by atoms with Crippen LogP contribution in [0.4, 0.5) is 24.9 Å². The number of aliphatic carboxylic acids is 1. The number of carboxylic acids is 1. The molecule has 13 heteroatoms. The maximum absolute atomic E-state index is 12.8. The second kappa shape index (κ2) is 10.9. The number of nitrogens with one attached hydrogen (secondary N) is 2. The monoisotopic (exact) mass is 586 g/mol. The van der Waals surface area contributed by atoms with Gasteiger partial charge in [0, 0.05) is 37.7 Å². The van der Waals surface area contributed by atoms with Gasteiger partial charge in [-0.15, -0.1) is 13.2 Å². The van der Waals surface area contributed by atoms with Gasteiger partial charge < -0.3 is 25.6 Å². The Labute approximate surface area is 240 Å². The van der Waals surface area contributed by atoms with Gasteiger partial charge >= 0.3 is 12.3 Å². The van der Waals surface area contributed by atoms with Gasteiger partial charge in [0.1, 0.15) is 29.2 Å². The lowest BCUT2D eigenvalue weighted by molar-refractivity contribution is -0.274. The topological polar surface area (TPSA) is 144 Å². The van der Waals surface area contributed by atoms with Crippen LogP contribution >= 0.6 is 0 Å². The van der Waals surface area contributed by atoms with E-state index >= 15 is 0 Å². The Balaban J connectivity index is 1.14. The molecule has 0 amide bonds. The molecule has 42 heavy (non-hydrogen) atoms. The molecule has 7 rings (SSSR count). The standard InChI is InChI=1S/C29H33F3N6O4/c30-29(31,32)42-23-4-2-1-3-17(23)12-34-27-35-13-20(11-33)25(37-27)36-15-28-8-16-5-18(9-28)24(19(6-16)10-28)38-14-21(39)7-22(38)26(40)41/h1-4,13,16,18-19,21-22,24,39H,5-10,12,14-15H2,(H,40,41)(H2,34,35,36,37)/t16?,18-,19-,21+,22+,24?,28?/m0/s1. The van der Waals surface area contributed by atoms with Crippen molar-refractivity contribution < 1.29 is 32.9 Å². The third-order valence-corrected chi connectivity index (χ3v) is 9.51. The molecule has 224 valence electrons.